The van der Waals surface area contributed by atoms with Crippen LogP contribution in [0.25, 0.3) is 11.3 Å². The Labute approximate surface area is 142 Å². The number of unbranched alkanes of at least 4 members (excludes halogenated alkanes) is 3. The average Bonchev–Trinajstić information content (AvgIpc) is 2.57. The highest BCUT2D eigenvalue weighted by Gasteiger charge is 2.13. The van der Waals surface area contributed by atoms with Gasteiger partial charge in [0.05, 0.1) is 12.3 Å². The molecule has 0 radical (unpaired) electrons. The fourth-order valence-electron chi connectivity index (χ4n) is 2.44. The van der Waals surface area contributed by atoms with Crippen molar-refractivity contribution in [3.05, 3.63) is 35.4 Å². The second-order valence-electron chi connectivity index (χ2n) is 5.62. The number of rotatable bonds is 8. The fourth-order valence-corrected chi connectivity index (χ4v) is 2.44. The van der Waals surface area contributed by atoms with Gasteiger partial charge in [-0.3, -0.25) is 0 Å². The van der Waals surface area contributed by atoms with Crippen LogP contribution in [0.15, 0.2) is 24.3 Å². The molecule has 0 saturated carbocycles. The lowest BCUT2D eigenvalue weighted by Crippen LogP contribution is -2.05. The zero-order chi connectivity index (χ0) is 17.4. The number of hydrogen-bond donors (Lipinski definition) is 2. The fraction of sp³-hybridized carbons (Fsp3) is 0.389. The minimum absolute atomic E-state index is 0.0547. The summed E-state index contributed by atoms with van der Waals surface area (Å²) in [5.74, 6) is 0.150. The Morgan fingerprint density at radius 1 is 1.17 bits per heavy atom. The minimum atomic E-state index is 0.0547. The van der Waals surface area contributed by atoms with Crippen molar-refractivity contribution < 1.29 is 4.74 Å². The van der Waals surface area contributed by atoms with Gasteiger partial charge in [-0.25, -0.2) is 4.98 Å². The Bertz CT molecular complexity index is 724. The van der Waals surface area contributed by atoms with E-state index in [4.69, 9.17) is 16.2 Å². The van der Waals surface area contributed by atoms with E-state index in [0.29, 0.717) is 12.3 Å². The van der Waals surface area contributed by atoms with Crippen molar-refractivity contribution in [2.75, 3.05) is 18.1 Å². The summed E-state index contributed by atoms with van der Waals surface area (Å²) in [5.41, 5.74) is 13.9. The lowest BCUT2D eigenvalue weighted by atomic mass is 10.0. The standard InChI is InChI=1S/C18H23N5O/c1-2-3-4-5-9-24-12-13-7-6-8-14(10-13)16-15(11-19)17(20)23-18(21)22-16/h6-8,10H,2-5,9,12H2,1H3,(H4,20,21,22,23). The molecular formula is C18H23N5O. The molecule has 6 heteroatoms. The van der Waals surface area contributed by atoms with Crippen molar-refractivity contribution in [3.63, 3.8) is 0 Å². The maximum Gasteiger partial charge on any atom is 0.222 e. The summed E-state index contributed by atoms with van der Waals surface area (Å²) in [6.07, 6.45) is 4.73. The molecule has 1 aromatic carbocycles. The van der Waals surface area contributed by atoms with Crippen molar-refractivity contribution in [2.45, 2.75) is 39.2 Å². The summed E-state index contributed by atoms with van der Waals surface area (Å²) < 4.78 is 5.71. The van der Waals surface area contributed by atoms with Crippen LogP contribution in [-0.4, -0.2) is 16.6 Å². The van der Waals surface area contributed by atoms with Gasteiger partial charge in [0.1, 0.15) is 17.5 Å². The Balaban J connectivity index is 2.10. The van der Waals surface area contributed by atoms with Gasteiger partial charge in [0.15, 0.2) is 0 Å². The third-order valence-electron chi connectivity index (χ3n) is 3.68. The highest BCUT2D eigenvalue weighted by atomic mass is 16.5. The Kier molecular flexibility index (Phi) is 6.52. The molecule has 0 fully saturated rings. The Morgan fingerprint density at radius 3 is 2.75 bits per heavy atom. The number of anilines is 2. The average molecular weight is 325 g/mol. The highest BCUT2D eigenvalue weighted by molar-refractivity contribution is 5.73. The second-order valence-corrected chi connectivity index (χ2v) is 5.62. The Morgan fingerprint density at radius 2 is 2.00 bits per heavy atom. The monoisotopic (exact) mass is 325 g/mol. The van der Waals surface area contributed by atoms with Crippen LogP contribution in [0, 0.1) is 11.3 Å². The van der Waals surface area contributed by atoms with Crippen molar-refractivity contribution in [1.29, 1.82) is 5.26 Å². The quantitative estimate of drug-likeness (QED) is 0.720. The maximum atomic E-state index is 9.29. The molecule has 0 saturated heterocycles. The number of nitriles is 1. The largest absolute Gasteiger partial charge is 0.382 e. The molecule has 0 atom stereocenters. The van der Waals surface area contributed by atoms with Crippen molar-refractivity contribution in [3.8, 4) is 17.3 Å². The molecule has 0 spiro atoms. The van der Waals surface area contributed by atoms with Crippen LogP contribution in [0.4, 0.5) is 11.8 Å². The summed E-state index contributed by atoms with van der Waals surface area (Å²) in [6.45, 7) is 3.47. The third-order valence-corrected chi connectivity index (χ3v) is 3.68. The number of nitrogen functional groups attached to an aromatic ring is 2. The van der Waals surface area contributed by atoms with Crippen LogP contribution >= 0.6 is 0 Å². The van der Waals surface area contributed by atoms with E-state index in [1.807, 2.05) is 30.3 Å². The second kappa shape index (κ2) is 8.85. The smallest absolute Gasteiger partial charge is 0.222 e. The first-order valence-electron chi connectivity index (χ1n) is 8.15. The number of nitrogens with two attached hydrogens (primary N) is 2. The molecule has 2 rings (SSSR count). The minimum Gasteiger partial charge on any atom is -0.382 e. The molecule has 0 amide bonds. The van der Waals surface area contributed by atoms with E-state index in [2.05, 4.69) is 16.9 Å². The number of aromatic nitrogens is 2. The van der Waals surface area contributed by atoms with E-state index >= 15 is 0 Å². The molecule has 6 nitrogen and oxygen atoms in total. The normalized spacial score (nSPS) is 10.5. The van der Waals surface area contributed by atoms with Gasteiger partial charge in [-0.1, -0.05) is 44.4 Å². The number of nitrogens with zero attached hydrogens (tertiary/aromatic N) is 3. The molecule has 0 aliphatic carbocycles. The van der Waals surface area contributed by atoms with E-state index < -0.39 is 0 Å². The van der Waals surface area contributed by atoms with Crippen molar-refractivity contribution >= 4 is 11.8 Å². The van der Waals surface area contributed by atoms with E-state index in [-0.39, 0.29) is 17.3 Å². The van der Waals surface area contributed by atoms with Gasteiger partial charge in [0, 0.05) is 12.2 Å². The number of ether oxygens (including phenoxy) is 1. The molecular weight excluding hydrogens is 302 g/mol. The van der Waals surface area contributed by atoms with Gasteiger partial charge in [-0.2, -0.15) is 10.2 Å². The predicted molar refractivity (Wildman–Crippen MR) is 94.8 cm³/mol. The summed E-state index contributed by atoms with van der Waals surface area (Å²) in [6, 6.07) is 9.74. The maximum absolute atomic E-state index is 9.29. The molecule has 126 valence electrons. The molecule has 2 aromatic rings. The van der Waals surface area contributed by atoms with Crippen LogP contribution in [0.3, 0.4) is 0 Å². The molecule has 0 aliphatic rings. The molecule has 0 unspecified atom stereocenters. The first kappa shape index (κ1) is 17.7. The van der Waals surface area contributed by atoms with Gasteiger partial charge in [-0.05, 0) is 18.1 Å². The van der Waals surface area contributed by atoms with Gasteiger partial charge in [0.25, 0.3) is 0 Å². The first-order valence-corrected chi connectivity index (χ1v) is 8.15. The van der Waals surface area contributed by atoms with Crippen LogP contribution in [0.2, 0.25) is 0 Å². The van der Waals surface area contributed by atoms with E-state index in [9.17, 15) is 5.26 Å². The lowest BCUT2D eigenvalue weighted by Gasteiger charge is -2.09. The Hall–Kier alpha value is -2.65. The highest BCUT2D eigenvalue weighted by Crippen LogP contribution is 2.26. The van der Waals surface area contributed by atoms with Crippen LogP contribution in [0.1, 0.15) is 43.7 Å². The van der Waals surface area contributed by atoms with Gasteiger partial charge >= 0.3 is 0 Å². The van der Waals surface area contributed by atoms with Gasteiger partial charge < -0.3 is 16.2 Å². The topological polar surface area (TPSA) is 111 Å². The molecule has 4 N–H and O–H groups in total. The zero-order valence-corrected chi connectivity index (χ0v) is 14.0. The van der Waals surface area contributed by atoms with E-state index in [1.165, 1.54) is 19.3 Å². The summed E-state index contributed by atoms with van der Waals surface area (Å²) in [7, 11) is 0. The van der Waals surface area contributed by atoms with E-state index in [1.54, 1.807) is 0 Å². The van der Waals surface area contributed by atoms with Crippen molar-refractivity contribution in [1.82, 2.24) is 9.97 Å². The summed E-state index contributed by atoms with van der Waals surface area (Å²) >= 11 is 0. The summed E-state index contributed by atoms with van der Waals surface area (Å²) in [5, 5.41) is 9.29. The van der Waals surface area contributed by atoms with E-state index in [0.717, 1.165) is 24.2 Å². The number of benzene rings is 1. The van der Waals surface area contributed by atoms with Crippen LogP contribution in [-0.2, 0) is 11.3 Å². The molecule has 1 heterocycles. The lowest BCUT2D eigenvalue weighted by molar-refractivity contribution is 0.117. The summed E-state index contributed by atoms with van der Waals surface area (Å²) in [4.78, 5) is 8.01. The first-order chi connectivity index (χ1) is 11.7. The van der Waals surface area contributed by atoms with Crippen LogP contribution < -0.4 is 11.5 Å². The molecule has 0 bridgehead atoms. The predicted octanol–water partition coefficient (Wildman–Crippen LogP) is 3.28. The molecule has 24 heavy (non-hydrogen) atoms. The molecule has 0 aliphatic heterocycles. The van der Waals surface area contributed by atoms with Crippen molar-refractivity contribution in [2.24, 2.45) is 0 Å². The zero-order valence-electron chi connectivity index (χ0n) is 14.0. The number of hydrogen-bond acceptors (Lipinski definition) is 6. The van der Waals surface area contributed by atoms with Crippen LogP contribution in [0.5, 0.6) is 0 Å². The third kappa shape index (κ3) is 4.67. The SMILES string of the molecule is CCCCCCOCc1cccc(-c2nc(N)nc(N)c2C#N)c1. The van der Waals surface area contributed by atoms with Gasteiger partial charge in [0.2, 0.25) is 5.95 Å². The molecule has 1 aromatic heterocycles. The van der Waals surface area contributed by atoms with Gasteiger partial charge in [-0.15, -0.1) is 0 Å².